The predicted molar refractivity (Wildman–Crippen MR) is 77.3 cm³/mol. The second-order valence-corrected chi connectivity index (χ2v) is 4.33. The van der Waals surface area contributed by atoms with E-state index < -0.39 is 11.7 Å². The Kier molecular flexibility index (Phi) is 4.64. The van der Waals surface area contributed by atoms with Gasteiger partial charge in [0.15, 0.2) is 0 Å². The van der Waals surface area contributed by atoms with Crippen molar-refractivity contribution in [3.63, 3.8) is 0 Å². The van der Waals surface area contributed by atoms with E-state index in [1.54, 1.807) is 12.3 Å². The molecule has 1 aromatic heterocycles. The molecule has 0 spiro atoms. The number of benzene rings is 1. The van der Waals surface area contributed by atoms with Gasteiger partial charge >= 0.3 is 0 Å². The van der Waals surface area contributed by atoms with Crippen LogP contribution in [0, 0.1) is 24.6 Å². The number of aromatic nitrogens is 1. The van der Waals surface area contributed by atoms with Gasteiger partial charge in [-0.15, -0.1) is 0 Å². The number of anilines is 1. The molecule has 2 N–H and O–H groups in total. The van der Waals surface area contributed by atoms with Crippen LogP contribution < -0.4 is 5.32 Å². The molecule has 2 rings (SSSR count). The minimum atomic E-state index is -0.611. The maximum absolute atomic E-state index is 13.7. The van der Waals surface area contributed by atoms with E-state index in [0.717, 1.165) is 11.6 Å². The molecule has 1 aromatic carbocycles. The molecule has 4 nitrogen and oxygen atoms in total. The highest BCUT2D eigenvalue weighted by atomic mass is 19.1. The van der Waals surface area contributed by atoms with Crippen LogP contribution in [0.25, 0.3) is 0 Å². The number of hydrogen-bond acceptors (Lipinski definition) is 3. The van der Waals surface area contributed by atoms with Crippen molar-refractivity contribution in [2.75, 3.05) is 11.9 Å². The number of nitrogens with one attached hydrogen (secondary N) is 1. The van der Waals surface area contributed by atoms with Crippen molar-refractivity contribution in [3.05, 3.63) is 59.0 Å². The molecule has 21 heavy (non-hydrogen) atoms. The van der Waals surface area contributed by atoms with E-state index >= 15 is 0 Å². The zero-order valence-electron chi connectivity index (χ0n) is 11.4. The second-order valence-electron chi connectivity index (χ2n) is 4.33. The molecule has 0 unspecified atom stereocenters. The Bertz CT molecular complexity index is 715. The molecule has 0 atom stereocenters. The van der Waals surface area contributed by atoms with Crippen LogP contribution >= 0.6 is 0 Å². The molecule has 0 aliphatic carbocycles. The summed E-state index contributed by atoms with van der Waals surface area (Å²) in [6.45, 7) is 1.54. The maximum atomic E-state index is 13.7. The number of pyridine rings is 1. The number of hydrogen-bond donors (Lipinski definition) is 2. The van der Waals surface area contributed by atoms with Gasteiger partial charge in [-0.25, -0.2) is 9.37 Å². The molecule has 5 heteroatoms. The largest absolute Gasteiger partial charge is 0.384 e. The van der Waals surface area contributed by atoms with E-state index in [4.69, 9.17) is 5.11 Å². The molecule has 106 valence electrons. The van der Waals surface area contributed by atoms with E-state index in [9.17, 15) is 9.18 Å². The first-order chi connectivity index (χ1) is 10.1. The lowest BCUT2D eigenvalue weighted by Crippen LogP contribution is -2.13. The normalized spacial score (nSPS) is 9.67. The monoisotopic (exact) mass is 284 g/mol. The van der Waals surface area contributed by atoms with Crippen LogP contribution in [0.1, 0.15) is 21.5 Å². The summed E-state index contributed by atoms with van der Waals surface area (Å²) in [4.78, 5) is 16.0. The highest BCUT2D eigenvalue weighted by Crippen LogP contribution is 2.12. The minimum Gasteiger partial charge on any atom is -0.384 e. The number of aliphatic hydroxyl groups is 1. The summed E-state index contributed by atoms with van der Waals surface area (Å²) < 4.78 is 13.7. The van der Waals surface area contributed by atoms with Crippen molar-refractivity contribution in [1.82, 2.24) is 4.98 Å². The minimum absolute atomic E-state index is 0.133. The SMILES string of the molecule is Cc1ccc(NC(=O)c2ccc(C#CCO)c(F)c2)nc1. The number of amides is 1. The number of aliphatic hydroxyl groups excluding tert-OH is 1. The molecule has 0 saturated heterocycles. The lowest BCUT2D eigenvalue weighted by molar-refractivity contribution is 0.102. The zero-order valence-corrected chi connectivity index (χ0v) is 11.4. The first kappa shape index (κ1) is 14.7. The molecule has 0 radical (unpaired) electrons. The summed E-state index contributed by atoms with van der Waals surface area (Å²) in [5.74, 6) is 4.16. The van der Waals surface area contributed by atoms with Gasteiger partial charge in [-0.1, -0.05) is 17.9 Å². The van der Waals surface area contributed by atoms with E-state index in [2.05, 4.69) is 22.1 Å². The van der Waals surface area contributed by atoms with E-state index in [1.165, 1.54) is 12.1 Å². The first-order valence-corrected chi connectivity index (χ1v) is 6.23. The first-order valence-electron chi connectivity index (χ1n) is 6.23. The zero-order chi connectivity index (χ0) is 15.2. The Balaban J connectivity index is 2.16. The van der Waals surface area contributed by atoms with Crippen LogP contribution in [-0.4, -0.2) is 22.6 Å². The number of rotatable bonds is 2. The molecule has 0 bridgehead atoms. The standard InChI is InChI=1S/C16H13FN2O2/c1-11-4-7-15(18-10-11)19-16(21)13-6-5-12(3-2-8-20)14(17)9-13/h4-7,9-10,20H,8H2,1H3,(H,18,19,21). The third-order valence-corrected chi connectivity index (χ3v) is 2.69. The lowest BCUT2D eigenvalue weighted by Gasteiger charge is -2.05. The Labute approximate surface area is 121 Å². The van der Waals surface area contributed by atoms with Crippen LogP contribution in [0.15, 0.2) is 36.5 Å². The van der Waals surface area contributed by atoms with Crippen LogP contribution in [0.3, 0.4) is 0 Å². The molecule has 1 amide bonds. The summed E-state index contributed by atoms with van der Waals surface area (Å²) in [7, 11) is 0. The van der Waals surface area contributed by atoms with Crippen molar-refractivity contribution in [2.45, 2.75) is 6.92 Å². The molecular formula is C16H13FN2O2. The van der Waals surface area contributed by atoms with Crippen LogP contribution in [0.2, 0.25) is 0 Å². The predicted octanol–water partition coefficient (Wildman–Crippen LogP) is 2.13. The van der Waals surface area contributed by atoms with Gasteiger partial charge in [-0.05, 0) is 36.8 Å². The number of carbonyl (C=O) groups excluding carboxylic acids is 1. The fourth-order valence-electron chi connectivity index (χ4n) is 1.62. The number of nitrogens with zero attached hydrogens (tertiary/aromatic N) is 1. The molecule has 0 saturated carbocycles. The summed E-state index contributed by atoms with van der Waals surface area (Å²) in [6.07, 6.45) is 1.63. The summed E-state index contributed by atoms with van der Waals surface area (Å²) in [5.41, 5.74) is 1.28. The topological polar surface area (TPSA) is 62.2 Å². The van der Waals surface area contributed by atoms with Gasteiger partial charge in [0.25, 0.3) is 5.91 Å². The van der Waals surface area contributed by atoms with Crippen LogP contribution in [0.5, 0.6) is 0 Å². The fourth-order valence-corrected chi connectivity index (χ4v) is 1.62. The van der Waals surface area contributed by atoms with Gasteiger partial charge in [0.2, 0.25) is 0 Å². The van der Waals surface area contributed by atoms with Gasteiger partial charge in [0, 0.05) is 11.8 Å². The van der Waals surface area contributed by atoms with Crippen molar-refractivity contribution in [2.24, 2.45) is 0 Å². The highest BCUT2D eigenvalue weighted by Gasteiger charge is 2.09. The second kappa shape index (κ2) is 6.64. The fraction of sp³-hybridized carbons (Fsp3) is 0.125. The molecule has 0 aliphatic rings. The van der Waals surface area contributed by atoms with Crippen molar-refractivity contribution in [3.8, 4) is 11.8 Å². The summed E-state index contributed by atoms with van der Waals surface area (Å²) >= 11 is 0. The molecule has 1 heterocycles. The van der Waals surface area contributed by atoms with Gasteiger partial charge in [-0.3, -0.25) is 4.79 Å². The number of halogens is 1. The van der Waals surface area contributed by atoms with E-state index in [1.807, 2.05) is 13.0 Å². The molecular weight excluding hydrogens is 271 g/mol. The summed E-state index contributed by atoms with van der Waals surface area (Å²) in [6, 6.07) is 7.45. The van der Waals surface area contributed by atoms with Gasteiger partial charge in [-0.2, -0.15) is 0 Å². The summed E-state index contributed by atoms with van der Waals surface area (Å²) in [5, 5.41) is 11.2. The number of carbonyl (C=O) groups is 1. The average molecular weight is 284 g/mol. The Morgan fingerprint density at radius 2 is 2.19 bits per heavy atom. The third kappa shape index (κ3) is 3.88. The molecule has 2 aromatic rings. The Morgan fingerprint density at radius 1 is 1.38 bits per heavy atom. The van der Waals surface area contributed by atoms with Gasteiger partial charge < -0.3 is 10.4 Å². The van der Waals surface area contributed by atoms with Crippen molar-refractivity contribution in [1.29, 1.82) is 0 Å². The third-order valence-electron chi connectivity index (χ3n) is 2.69. The smallest absolute Gasteiger partial charge is 0.256 e. The van der Waals surface area contributed by atoms with Gasteiger partial charge in [0.05, 0.1) is 5.56 Å². The van der Waals surface area contributed by atoms with Crippen LogP contribution in [0.4, 0.5) is 10.2 Å². The molecule has 0 fully saturated rings. The highest BCUT2D eigenvalue weighted by molar-refractivity contribution is 6.03. The number of aryl methyl sites for hydroxylation is 1. The Morgan fingerprint density at radius 3 is 2.81 bits per heavy atom. The quantitative estimate of drug-likeness (QED) is 0.830. The van der Waals surface area contributed by atoms with Crippen molar-refractivity contribution < 1.29 is 14.3 Å². The van der Waals surface area contributed by atoms with E-state index in [-0.39, 0.29) is 17.7 Å². The average Bonchev–Trinajstić information content (AvgIpc) is 2.48. The molecule has 0 aliphatic heterocycles. The van der Waals surface area contributed by atoms with Crippen LogP contribution in [-0.2, 0) is 0 Å². The van der Waals surface area contributed by atoms with Crippen molar-refractivity contribution >= 4 is 11.7 Å². The lowest BCUT2D eigenvalue weighted by atomic mass is 10.1. The van der Waals surface area contributed by atoms with Gasteiger partial charge in [0.1, 0.15) is 18.2 Å². The van der Waals surface area contributed by atoms with E-state index in [0.29, 0.717) is 5.82 Å². The Hall–Kier alpha value is -2.71. The maximum Gasteiger partial charge on any atom is 0.256 e.